The number of para-hydroxylation sites is 1. The van der Waals surface area contributed by atoms with Crippen LogP contribution in [0.15, 0.2) is 58.9 Å². The van der Waals surface area contributed by atoms with Gasteiger partial charge in [-0.05, 0) is 36.8 Å². The van der Waals surface area contributed by atoms with Crippen molar-refractivity contribution in [3.63, 3.8) is 0 Å². The predicted octanol–water partition coefficient (Wildman–Crippen LogP) is 3.73. The molecule has 0 aliphatic carbocycles. The Kier molecular flexibility index (Phi) is 5.84. The van der Waals surface area contributed by atoms with Gasteiger partial charge in [-0.3, -0.25) is 9.59 Å². The Bertz CT molecular complexity index is 1210. The summed E-state index contributed by atoms with van der Waals surface area (Å²) in [6.45, 7) is 1.63. The SMILES string of the molecule is CCOC(=O)C(=Cc1ccccc1Cl)C(=O)c1c(O)c2ccccc2n(C)c1=O. The summed E-state index contributed by atoms with van der Waals surface area (Å²) in [5, 5.41) is 11.3. The summed E-state index contributed by atoms with van der Waals surface area (Å²) in [6.07, 6.45) is 1.26. The van der Waals surface area contributed by atoms with E-state index < -0.39 is 34.2 Å². The van der Waals surface area contributed by atoms with Gasteiger partial charge in [-0.25, -0.2) is 4.79 Å². The number of aromatic nitrogens is 1. The average Bonchev–Trinajstić information content (AvgIpc) is 2.71. The third-order valence-electron chi connectivity index (χ3n) is 4.45. The van der Waals surface area contributed by atoms with Crippen molar-refractivity contribution in [2.24, 2.45) is 7.05 Å². The van der Waals surface area contributed by atoms with Gasteiger partial charge in [0.2, 0.25) is 5.78 Å². The van der Waals surface area contributed by atoms with Gasteiger partial charge in [-0.15, -0.1) is 0 Å². The van der Waals surface area contributed by atoms with E-state index in [1.54, 1.807) is 55.5 Å². The third-order valence-corrected chi connectivity index (χ3v) is 4.79. The third kappa shape index (κ3) is 3.79. The Hall–Kier alpha value is -3.38. The normalized spacial score (nSPS) is 11.5. The van der Waals surface area contributed by atoms with Gasteiger partial charge >= 0.3 is 5.97 Å². The van der Waals surface area contributed by atoms with Crippen molar-refractivity contribution >= 4 is 40.3 Å². The zero-order valence-corrected chi connectivity index (χ0v) is 16.6. The number of hydrogen-bond donors (Lipinski definition) is 1. The second kappa shape index (κ2) is 8.32. The highest BCUT2D eigenvalue weighted by Crippen LogP contribution is 2.28. The second-order valence-corrected chi connectivity index (χ2v) is 6.64. The number of pyridine rings is 1. The standard InChI is InChI=1S/C22H18ClNO5/c1-3-29-22(28)15(12-13-8-4-6-10-16(13)23)20(26)18-19(25)14-9-5-7-11-17(14)24(2)21(18)27/h4-12,25H,3H2,1-2H3. The summed E-state index contributed by atoms with van der Waals surface area (Å²) in [4.78, 5) is 38.6. The predicted molar refractivity (Wildman–Crippen MR) is 111 cm³/mol. The van der Waals surface area contributed by atoms with E-state index in [2.05, 4.69) is 0 Å². The van der Waals surface area contributed by atoms with Crippen LogP contribution in [0.4, 0.5) is 0 Å². The number of fused-ring (bicyclic) bond motifs is 1. The maximum atomic E-state index is 13.2. The molecule has 0 aliphatic heterocycles. The highest BCUT2D eigenvalue weighted by Gasteiger charge is 2.28. The van der Waals surface area contributed by atoms with Crippen molar-refractivity contribution in [1.29, 1.82) is 0 Å². The monoisotopic (exact) mass is 411 g/mol. The lowest BCUT2D eigenvalue weighted by atomic mass is 9.99. The van der Waals surface area contributed by atoms with Gasteiger partial charge in [0, 0.05) is 17.5 Å². The first-order valence-electron chi connectivity index (χ1n) is 8.85. The first kappa shape index (κ1) is 20.4. The number of ketones is 1. The molecule has 0 saturated carbocycles. The van der Waals surface area contributed by atoms with Crippen LogP contribution in [-0.2, 0) is 16.6 Å². The van der Waals surface area contributed by atoms with Gasteiger partial charge in [0.25, 0.3) is 5.56 Å². The van der Waals surface area contributed by atoms with Gasteiger partial charge in [-0.1, -0.05) is 41.9 Å². The van der Waals surface area contributed by atoms with E-state index in [9.17, 15) is 19.5 Å². The molecule has 3 aromatic rings. The minimum Gasteiger partial charge on any atom is -0.506 e. The summed E-state index contributed by atoms with van der Waals surface area (Å²) in [7, 11) is 1.49. The van der Waals surface area contributed by atoms with Crippen molar-refractivity contribution in [2.45, 2.75) is 6.92 Å². The Morgan fingerprint density at radius 1 is 1.14 bits per heavy atom. The molecule has 1 aromatic heterocycles. The lowest BCUT2D eigenvalue weighted by Gasteiger charge is -2.12. The van der Waals surface area contributed by atoms with Crippen LogP contribution in [0.5, 0.6) is 5.75 Å². The van der Waals surface area contributed by atoms with E-state index in [1.807, 2.05) is 0 Å². The van der Waals surface area contributed by atoms with E-state index in [4.69, 9.17) is 16.3 Å². The van der Waals surface area contributed by atoms with E-state index in [0.717, 1.165) is 0 Å². The smallest absolute Gasteiger partial charge is 0.342 e. The number of rotatable bonds is 5. The maximum Gasteiger partial charge on any atom is 0.342 e. The number of carbonyl (C=O) groups is 2. The van der Waals surface area contributed by atoms with Crippen LogP contribution in [0, 0.1) is 0 Å². The van der Waals surface area contributed by atoms with Crippen molar-refractivity contribution in [3.8, 4) is 5.75 Å². The molecule has 0 atom stereocenters. The maximum absolute atomic E-state index is 13.2. The van der Waals surface area contributed by atoms with Crippen molar-refractivity contribution in [1.82, 2.24) is 4.57 Å². The highest BCUT2D eigenvalue weighted by atomic mass is 35.5. The van der Waals surface area contributed by atoms with Gasteiger partial charge < -0.3 is 14.4 Å². The van der Waals surface area contributed by atoms with Crippen molar-refractivity contribution in [2.75, 3.05) is 6.61 Å². The molecule has 0 amide bonds. The van der Waals surface area contributed by atoms with Gasteiger partial charge in [0.15, 0.2) is 0 Å². The molecule has 7 heteroatoms. The van der Waals surface area contributed by atoms with Crippen LogP contribution < -0.4 is 5.56 Å². The summed E-state index contributed by atoms with van der Waals surface area (Å²) < 4.78 is 6.25. The molecule has 0 unspecified atom stereocenters. The molecule has 148 valence electrons. The molecule has 0 fully saturated rings. The molecule has 0 spiro atoms. The molecule has 3 rings (SSSR count). The number of Topliss-reactive ketones (excluding diaryl/α,β-unsaturated/α-hetero) is 1. The zero-order chi connectivity index (χ0) is 21.1. The molecule has 6 nitrogen and oxygen atoms in total. The molecular weight excluding hydrogens is 394 g/mol. The number of carbonyl (C=O) groups excluding carboxylic acids is 2. The first-order valence-corrected chi connectivity index (χ1v) is 9.23. The van der Waals surface area contributed by atoms with Crippen LogP contribution in [-0.4, -0.2) is 28.0 Å². The van der Waals surface area contributed by atoms with Crippen LogP contribution >= 0.6 is 11.6 Å². The van der Waals surface area contributed by atoms with E-state index in [0.29, 0.717) is 21.5 Å². The lowest BCUT2D eigenvalue weighted by Crippen LogP contribution is -2.28. The number of nitrogens with zero attached hydrogens (tertiary/aromatic N) is 1. The minimum absolute atomic E-state index is 0.0354. The summed E-state index contributed by atoms with van der Waals surface area (Å²) in [5.41, 5.74) is -0.761. The lowest BCUT2D eigenvalue weighted by molar-refractivity contribution is -0.137. The number of aryl methyl sites for hydroxylation is 1. The number of ether oxygens (including phenoxy) is 1. The summed E-state index contributed by atoms with van der Waals surface area (Å²) in [5.74, 6) is -2.33. The average molecular weight is 412 g/mol. The molecule has 0 aliphatic rings. The molecular formula is C22H18ClNO5. The fraction of sp³-hybridized carbons (Fsp3) is 0.136. The Morgan fingerprint density at radius 3 is 2.48 bits per heavy atom. The van der Waals surface area contributed by atoms with Crippen LogP contribution in [0.2, 0.25) is 5.02 Å². The van der Waals surface area contributed by atoms with Gasteiger partial charge in [-0.2, -0.15) is 0 Å². The van der Waals surface area contributed by atoms with Crippen molar-refractivity contribution in [3.05, 3.63) is 80.6 Å². The summed E-state index contributed by atoms with van der Waals surface area (Å²) >= 11 is 6.14. The molecule has 1 N–H and O–H groups in total. The molecule has 2 aromatic carbocycles. The number of esters is 1. The summed E-state index contributed by atoms with van der Waals surface area (Å²) in [6, 6.07) is 13.2. The molecule has 0 radical (unpaired) electrons. The molecule has 0 bridgehead atoms. The topological polar surface area (TPSA) is 85.6 Å². The number of benzene rings is 2. The molecule has 29 heavy (non-hydrogen) atoms. The molecule has 0 saturated heterocycles. The number of hydrogen-bond acceptors (Lipinski definition) is 5. The number of halogens is 1. The van der Waals surface area contributed by atoms with Crippen LogP contribution in [0.25, 0.3) is 17.0 Å². The molecule has 1 heterocycles. The van der Waals surface area contributed by atoms with Gasteiger partial charge in [0.05, 0.1) is 12.1 Å². The Balaban J connectivity index is 2.26. The second-order valence-electron chi connectivity index (χ2n) is 6.23. The minimum atomic E-state index is -0.938. The van der Waals surface area contributed by atoms with E-state index in [1.165, 1.54) is 17.7 Å². The Morgan fingerprint density at radius 2 is 1.79 bits per heavy atom. The first-order chi connectivity index (χ1) is 13.9. The van der Waals surface area contributed by atoms with Gasteiger partial charge in [0.1, 0.15) is 16.9 Å². The fourth-order valence-electron chi connectivity index (χ4n) is 2.99. The number of aromatic hydroxyl groups is 1. The van der Waals surface area contributed by atoms with Crippen LogP contribution in [0.1, 0.15) is 22.8 Å². The van der Waals surface area contributed by atoms with Crippen molar-refractivity contribution < 1.29 is 19.4 Å². The highest BCUT2D eigenvalue weighted by molar-refractivity contribution is 6.33. The Labute approximate surface area is 171 Å². The van der Waals surface area contributed by atoms with E-state index in [-0.39, 0.29) is 6.61 Å². The largest absolute Gasteiger partial charge is 0.506 e. The van der Waals surface area contributed by atoms with Crippen LogP contribution in [0.3, 0.4) is 0 Å². The zero-order valence-electron chi connectivity index (χ0n) is 15.8. The quantitative estimate of drug-likeness (QED) is 0.227. The fourth-order valence-corrected chi connectivity index (χ4v) is 3.18. The van der Waals surface area contributed by atoms with E-state index >= 15 is 0 Å².